The minimum atomic E-state index is -2.52. The van der Waals surface area contributed by atoms with Gasteiger partial charge in [0.2, 0.25) is 0 Å². The van der Waals surface area contributed by atoms with Gasteiger partial charge in [0.1, 0.15) is 0 Å². The molecule has 0 spiro atoms. The number of hydrogen-bond acceptors (Lipinski definition) is 4. The summed E-state index contributed by atoms with van der Waals surface area (Å²) in [7, 11) is 0.722. The highest BCUT2D eigenvalue weighted by Gasteiger charge is 2.40. The monoisotopic (exact) mass is 234 g/mol. The van der Waals surface area contributed by atoms with E-state index in [9.17, 15) is 0 Å². The third-order valence-electron chi connectivity index (χ3n) is 1.93. The molecule has 90 valence electrons. The van der Waals surface area contributed by atoms with Gasteiger partial charge in [0.05, 0.1) is 6.26 Å². The van der Waals surface area contributed by atoms with E-state index < -0.39 is 8.80 Å². The zero-order valence-corrected chi connectivity index (χ0v) is 11.3. The molecule has 5 heteroatoms. The highest BCUT2D eigenvalue weighted by atomic mass is 28.4. The molecular weight excluding hydrogens is 212 g/mol. The molecule has 0 aromatic heterocycles. The van der Waals surface area contributed by atoms with Crippen LogP contribution in [0.15, 0.2) is 12.3 Å². The molecule has 0 heterocycles. The van der Waals surface area contributed by atoms with Crippen molar-refractivity contribution in [2.75, 3.05) is 14.2 Å². The fourth-order valence-electron chi connectivity index (χ4n) is 1.22. The molecule has 1 unspecified atom stereocenters. The van der Waals surface area contributed by atoms with Gasteiger partial charge >= 0.3 is 8.80 Å². The first-order chi connectivity index (χ1) is 7.14. The lowest BCUT2D eigenvalue weighted by Gasteiger charge is -2.28. The normalized spacial score (nSPS) is 14.5. The molecule has 0 aliphatic heterocycles. The molecule has 0 fully saturated rings. The Morgan fingerprint density at radius 2 is 1.87 bits per heavy atom. The number of allylic oxidation sites excluding steroid dienone is 1. The standard InChI is InChI=1S/C10H22O4Si/c1-6-8-13-10(3)14-15(11-4,12-5)9-7-2/h6,8,10H,7,9H2,1-5H3. The van der Waals surface area contributed by atoms with Crippen LogP contribution < -0.4 is 0 Å². The Labute approximate surface area is 93.5 Å². The zero-order valence-electron chi connectivity index (χ0n) is 10.3. The molecule has 15 heavy (non-hydrogen) atoms. The second-order valence-electron chi connectivity index (χ2n) is 3.13. The fraction of sp³-hybridized carbons (Fsp3) is 0.800. The quantitative estimate of drug-likeness (QED) is 0.367. The van der Waals surface area contributed by atoms with Gasteiger partial charge < -0.3 is 18.0 Å². The van der Waals surface area contributed by atoms with Crippen molar-refractivity contribution in [2.45, 2.75) is 39.5 Å². The van der Waals surface area contributed by atoms with Gasteiger partial charge in [-0.15, -0.1) is 0 Å². The van der Waals surface area contributed by atoms with E-state index >= 15 is 0 Å². The minimum absolute atomic E-state index is 0.348. The first kappa shape index (κ1) is 14.6. The SMILES string of the molecule is CC=COC(C)O[Si](CCC)(OC)OC. The number of rotatable bonds is 8. The molecule has 0 aliphatic rings. The van der Waals surface area contributed by atoms with Crippen molar-refractivity contribution in [3.05, 3.63) is 12.3 Å². The Balaban J connectivity index is 4.25. The molecule has 0 saturated heterocycles. The molecular formula is C10H22O4Si. The highest BCUT2D eigenvalue weighted by molar-refractivity contribution is 6.60. The summed E-state index contributed by atoms with van der Waals surface area (Å²) >= 11 is 0. The van der Waals surface area contributed by atoms with Crippen LogP contribution in [0.2, 0.25) is 6.04 Å². The van der Waals surface area contributed by atoms with E-state index in [0.717, 1.165) is 12.5 Å². The lowest BCUT2D eigenvalue weighted by atomic mass is 10.6. The maximum Gasteiger partial charge on any atom is 0.503 e. The summed E-state index contributed by atoms with van der Waals surface area (Å²) in [5.41, 5.74) is 0. The Morgan fingerprint density at radius 1 is 1.27 bits per heavy atom. The third kappa shape index (κ3) is 5.32. The minimum Gasteiger partial charge on any atom is -0.474 e. The topological polar surface area (TPSA) is 36.9 Å². The molecule has 0 bridgehead atoms. The smallest absolute Gasteiger partial charge is 0.474 e. The third-order valence-corrected chi connectivity index (χ3v) is 4.98. The Bertz CT molecular complexity index is 180. The molecule has 0 aromatic rings. The predicted molar refractivity (Wildman–Crippen MR) is 61.3 cm³/mol. The first-order valence-corrected chi connectivity index (χ1v) is 7.12. The molecule has 0 aromatic carbocycles. The van der Waals surface area contributed by atoms with E-state index in [1.165, 1.54) is 0 Å². The van der Waals surface area contributed by atoms with E-state index in [1.54, 1.807) is 20.5 Å². The maximum absolute atomic E-state index is 5.70. The van der Waals surface area contributed by atoms with Crippen LogP contribution in [0.5, 0.6) is 0 Å². The fourth-order valence-corrected chi connectivity index (χ4v) is 3.28. The number of hydrogen-bond donors (Lipinski definition) is 0. The first-order valence-electron chi connectivity index (χ1n) is 5.18. The van der Waals surface area contributed by atoms with Crippen LogP contribution in [-0.2, 0) is 18.0 Å². The molecule has 0 N–H and O–H groups in total. The van der Waals surface area contributed by atoms with Crippen molar-refractivity contribution in [2.24, 2.45) is 0 Å². The Morgan fingerprint density at radius 3 is 2.27 bits per heavy atom. The van der Waals surface area contributed by atoms with Crippen LogP contribution in [0, 0.1) is 0 Å². The largest absolute Gasteiger partial charge is 0.503 e. The molecule has 0 aliphatic carbocycles. The van der Waals surface area contributed by atoms with Crippen molar-refractivity contribution >= 4 is 8.80 Å². The van der Waals surface area contributed by atoms with Crippen LogP contribution in [0.25, 0.3) is 0 Å². The van der Waals surface area contributed by atoms with Gasteiger partial charge in [-0.25, -0.2) is 0 Å². The van der Waals surface area contributed by atoms with Crippen molar-refractivity contribution in [3.63, 3.8) is 0 Å². The molecule has 0 rings (SSSR count). The lowest BCUT2D eigenvalue weighted by Crippen LogP contribution is -2.46. The second kappa shape index (κ2) is 7.87. The Kier molecular flexibility index (Phi) is 7.68. The molecule has 1 atom stereocenters. The second-order valence-corrected chi connectivity index (χ2v) is 6.05. The summed E-state index contributed by atoms with van der Waals surface area (Å²) in [5.74, 6) is 0. The summed E-state index contributed by atoms with van der Waals surface area (Å²) < 4.78 is 21.7. The summed E-state index contributed by atoms with van der Waals surface area (Å²) in [6.07, 6.45) is 4.02. The van der Waals surface area contributed by atoms with Crippen LogP contribution in [0.1, 0.15) is 27.2 Å². The van der Waals surface area contributed by atoms with Gasteiger partial charge in [-0.05, 0) is 13.8 Å². The van der Waals surface area contributed by atoms with Gasteiger partial charge in [0.15, 0.2) is 6.29 Å². The van der Waals surface area contributed by atoms with Gasteiger partial charge in [0, 0.05) is 20.3 Å². The summed E-state index contributed by atoms with van der Waals surface area (Å²) in [4.78, 5) is 0. The summed E-state index contributed by atoms with van der Waals surface area (Å²) in [5, 5.41) is 0. The maximum atomic E-state index is 5.70. The van der Waals surface area contributed by atoms with Gasteiger partial charge in [-0.3, -0.25) is 0 Å². The molecule has 0 radical (unpaired) electrons. The highest BCUT2D eigenvalue weighted by Crippen LogP contribution is 2.18. The van der Waals surface area contributed by atoms with Crippen LogP contribution in [0.3, 0.4) is 0 Å². The van der Waals surface area contributed by atoms with E-state index in [4.69, 9.17) is 18.0 Å². The summed E-state index contributed by atoms with van der Waals surface area (Å²) in [6.45, 7) is 5.78. The molecule has 0 saturated carbocycles. The van der Waals surface area contributed by atoms with Crippen molar-refractivity contribution in [1.82, 2.24) is 0 Å². The van der Waals surface area contributed by atoms with Gasteiger partial charge in [0.25, 0.3) is 0 Å². The van der Waals surface area contributed by atoms with E-state index in [0.29, 0.717) is 0 Å². The van der Waals surface area contributed by atoms with Gasteiger partial charge in [-0.1, -0.05) is 19.4 Å². The molecule has 0 amide bonds. The van der Waals surface area contributed by atoms with Crippen LogP contribution >= 0.6 is 0 Å². The van der Waals surface area contributed by atoms with Gasteiger partial charge in [-0.2, -0.15) is 0 Å². The van der Waals surface area contributed by atoms with E-state index in [1.807, 2.05) is 19.9 Å². The zero-order chi connectivity index (χ0) is 11.7. The van der Waals surface area contributed by atoms with E-state index in [-0.39, 0.29) is 6.29 Å². The van der Waals surface area contributed by atoms with Crippen LogP contribution in [0.4, 0.5) is 0 Å². The number of ether oxygens (including phenoxy) is 1. The van der Waals surface area contributed by atoms with Crippen LogP contribution in [-0.4, -0.2) is 29.3 Å². The Hall–Kier alpha value is -0.363. The average Bonchev–Trinajstić information content (AvgIpc) is 2.25. The predicted octanol–water partition coefficient (Wildman–Crippen LogP) is 2.54. The van der Waals surface area contributed by atoms with E-state index in [2.05, 4.69) is 6.92 Å². The lowest BCUT2D eigenvalue weighted by molar-refractivity contribution is -0.0649. The van der Waals surface area contributed by atoms with Crippen molar-refractivity contribution < 1.29 is 18.0 Å². The van der Waals surface area contributed by atoms with Crippen molar-refractivity contribution in [3.8, 4) is 0 Å². The summed E-state index contributed by atoms with van der Waals surface area (Å²) in [6, 6.07) is 0.795. The van der Waals surface area contributed by atoms with Crippen molar-refractivity contribution in [1.29, 1.82) is 0 Å². The average molecular weight is 234 g/mol. The molecule has 4 nitrogen and oxygen atoms in total.